The van der Waals surface area contributed by atoms with E-state index in [0.717, 1.165) is 11.3 Å². The predicted molar refractivity (Wildman–Crippen MR) is 151 cm³/mol. The molecule has 0 saturated carbocycles. The number of nitriles is 1. The van der Waals surface area contributed by atoms with Gasteiger partial charge in [-0.3, -0.25) is 4.98 Å². The van der Waals surface area contributed by atoms with Gasteiger partial charge in [0.2, 0.25) is 0 Å². The van der Waals surface area contributed by atoms with E-state index in [1.807, 2.05) is 23.0 Å². The van der Waals surface area contributed by atoms with E-state index in [4.69, 9.17) is 44.3 Å². The summed E-state index contributed by atoms with van der Waals surface area (Å²) >= 11 is 18.7. The Bertz CT molecular complexity index is 1680. The molecule has 2 N–H and O–H groups in total. The topological polar surface area (TPSA) is 110 Å². The normalized spacial score (nSPS) is 16.2. The molecule has 40 heavy (non-hydrogen) atoms. The molecule has 2 aliphatic rings. The summed E-state index contributed by atoms with van der Waals surface area (Å²) in [5.74, 6) is -0.741. The highest BCUT2D eigenvalue weighted by Gasteiger charge is 2.27. The molecule has 4 aromatic rings. The lowest BCUT2D eigenvalue weighted by Gasteiger charge is -2.26. The van der Waals surface area contributed by atoms with Gasteiger partial charge in [0, 0.05) is 17.3 Å². The van der Waals surface area contributed by atoms with Gasteiger partial charge in [-0.05, 0) is 36.3 Å². The molecule has 0 spiro atoms. The summed E-state index contributed by atoms with van der Waals surface area (Å²) in [7, 11) is 0. The Kier molecular flexibility index (Phi) is 7.49. The summed E-state index contributed by atoms with van der Waals surface area (Å²) in [5.41, 5.74) is 3.48. The van der Waals surface area contributed by atoms with Gasteiger partial charge in [0.15, 0.2) is 5.82 Å². The number of ether oxygens (including phenoxy) is 2. The third-order valence-electron chi connectivity index (χ3n) is 6.84. The van der Waals surface area contributed by atoms with Gasteiger partial charge in [-0.25, -0.2) is 9.07 Å². The summed E-state index contributed by atoms with van der Waals surface area (Å²) in [5, 5.41) is 25.8. The van der Waals surface area contributed by atoms with E-state index in [0.29, 0.717) is 60.1 Å². The van der Waals surface area contributed by atoms with Crippen molar-refractivity contribution in [2.45, 2.75) is 18.5 Å². The fraction of sp³-hybridized carbons (Fsp3) is 0.259. The number of hydrogen-bond acceptors (Lipinski definition) is 8. The number of anilines is 3. The van der Waals surface area contributed by atoms with Crippen molar-refractivity contribution in [3.05, 3.63) is 80.5 Å². The van der Waals surface area contributed by atoms with Crippen LogP contribution in [0, 0.1) is 17.1 Å². The van der Waals surface area contributed by atoms with Crippen LogP contribution in [0.1, 0.15) is 29.8 Å². The number of fused-ring (bicyclic) bond motifs is 1. The van der Waals surface area contributed by atoms with E-state index in [1.165, 1.54) is 18.3 Å². The lowest BCUT2D eigenvalue weighted by atomic mass is 9.99. The monoisotopic (exact) mass is 599 g/mol. The molecular formula is C27H21Cl3FN7O2. The maximum Gasteiger partial charge on any atom is 0.166 e. The average Bonchev–Trinajstić information content (AvgIpc) is 3.40. The molecule has 1 atom stereocenters. The molecule has 9 nitrogen and oxygen atoms in total. The molecule has 1 fully saturated rings. The van der Waals surface area contributed by atoms with Gasteiger partial charge in [-0.15, -0.1) is 5.10 Å². The number of nitrogens with zero attached hydrogens (tertiary/aromatic N) is 5. The smallest absolute Gasteiger partial charge is 0.166 e. The van der Waals surface area contributed by atoms with Crippen LogP contribution in [-0.4, -0.2) is 46.4 Å². The second kappa shape index (κ2) is 11.2. The predicted octanol–water partition coefficient (Wildman–Crippen LogP) is 6.61. The fourth-order valence-electron chi connectivity index (χ4n) is 4.62. The molecule has 4 heterocycles. The van der Waals surface area contributed by atoms with Crippen LogP contribution in [0.2, 0.25) is 15.1 Å². The Morgan fingerprint density at radius 2 is 2.00 bits per heavy atom. The standard InChI is InChI=1S/C27H21Cl3FN7O2/c28-19-1-2-21(24(31)23(19)30)35-25-15(9-32)10-33-27-18(25)7-16(8-20(27)29)34-26(14-3-5-39-6-4-14)22-11-38(37-36-22)17-12-40-13-17/h1-3,7-8,10-11,17,26,34H,4-6,12-13H2,(H,33,35)/t26-/m0/s1. The van der Waals surface area contributed by atoms with Crippen LogP contribution in [-0.2, 0) is 9.47 Å². The van der Waals surface area contributed by atoms with Crippen LogP contribution in [0.3, 0.4) is 0 Å². The van der Waals surface area contributed by atoms with Crippen molar-refractivity contribution in [2.24, 2.45) is 0 Å². The molecule has 13 heteroatoms. The highest BCUT2D eigenvalue weighted by molar-refractivity contribution is 6.42. The number of pyridine rings is 1. The largest absolute Gasteiger partial charge is 0.377 e. The van der Waals surface area contributed by atoms with Gasteiger partial charge in [0.1, 0.15) is 17.8 Å². The number of aromatic nitrogens is 4. The van der Waals surface area contributed by atoms with Crippen molar-refractivity contribution in [3.8, 4) is 6.07 Å². The van der Waals surface area contributed by atoms with Gasteiger partial charge in [-0.2, -0.15) is 5.26 Å². The Morgan fingerprint density at radius 1 is 1.15 bits per heavy atom. The van der Waals surface area contributed by atoms with Crippen molar-refractivity contribution in [1.29, 1.82) is 5.26 Å². The highest BCUT2D eigenvalue weighted by Crippen LogP contribution is 2.39. The lowest BCUT2D eigenvalue weighted by Crippen LogP contribution is -2.31. The molecule has 0 unspecified atom stereocenters. The molecule has 0 aliphatic carbocycles. The van der Waals surface area contributed by atoms with Crippen LogP contribution in [0.5, 0.6) is 0 Å². The highest BCUT2D eigenvalue weighted by atomic mass is 35.5. The van der Waals surface area contributed by atoms with Gasteiger partial charge in [-0.1, -0.05) is 46.1 Å². The van der Waals surface area contributed by atoms with E-state index in [2.05, 4.69) is 32.0 Å². The molecule has 2 aliphatic heterocycles. The first-order valence-electron chi connectivity index (χ1n) is 12.4. The lowest BCUT2D eigenvalue weighted by molar-refractivity contribution is -0.0293. The summed E-state index contributed by atoms with van der Waals surface area (Å²) in [4.78, 5) is 4.39. The first-order valence-corrected chi connectivity index (χ1v) is 13.5. The molecule has 0 radical (unpaired) electrons. The van der Waals surface area contributed by atoms with Gasteiger partial charge < -0.3 is 20.1 Å². The number of benzene rings is 2. The zero-order valence-corrected chi connectivity index (χ0v) is 23.1. The quantitative estimate of drug-likeness (QED) is 0.180. The van der Waals surface area contributed by atoms with Gasteiger partial charge in [0.05, 0.1) is 76.2 Å². The molecular weight excluding hydrogens is 580 g/mol. The van der Waals surface area contributed by atoms with E-state index in [9.17, 15) is 9.65 Å². The summed E-state index contributed by atoms with van der Waals surface area (Å²) in [6, 6.07) is 8.44. The van der Waals surface area contributed by atoms with Crippen LogP contribution >= 0.6 is 34.8 Å². The van der Waals surface area contributed by atoms with Crippen molar-refractivity contribution < 1.29 is 13.9 Å². The van der Waals surface area contributed by atoms with Crippen molar-refractivity contribution in [2.75, 3.05) is 37.1 Å². The average molecular weight is 601 g/mol. The zero-order valence-electron chi connectivity index (χ0n) is 20.8. The first-order chi connectivity index (χ1) is 19.4. The minimum Gasteiger partial charge on any atom is -0.377 e. The Morgan fingerprint density at radius 3 is 2.73 bits per heavy atom. The van der Waals surface area contributed by atoms with Crippen LogP contribution in [0.4, 0.5) is 21.5 Å². The Balaban J connectivity index is 1.42. The summed E-state index contributed by atoms with van der Waals surface area (Å²) < 4.78 is 27.6. The maximum atomic E-state index is 14.9. The van der Waals surface area contributed by atoms with E-state index in [-0.39, 0.29) is 33.4 Å². The van der Waals surface area contributed by atoms with E-state index in [1.54, 1.807) is 6.07 Å². The van der Waals surface area contributed by atoms with Crippen LogP contribution in [0.15, 0.2) is 48.3 Å². The SMILES string of the molecule is N#Cc1cnc2c(Cl)cc(N[C@@H](C3=CCOCC3)c3cn(C4COC4)nn3)cc2c1Nc1ccc(Cl)c(Cl)c1F. The molecule has 6 rings (SSSR count). The van der Waals surface area contributed by atoms with Crippen molar-refractivity contribution in [3.63, 3.8) is 0 Å². The van der Waals surface area contributed by atoms with Crippen molar-refractivity contribution in [1.82, 2.24) is 20.0 Å². The third-order valence-corrected chi connectivity index (χ3v) is 7.91. The van der Waals surface area contributed by atoms with Gasteiger partial charge in [0.25, 0.3) is 0 Å². The summed E-state index contributed by atoms with van der Waals surface area (Å²) in [6.07, 6.45) is 6.04. The Labute approximate surface area is 243 Å². The molecule has 0 bridgehead atoms. The minimum atomic E-state index is -0.741. The molecule has 0 amide bonds. The van der Waals surface area contributed by atoms with E-state index < -0.39 is 5.82 Å². The van der Waals surface area contributed by atoms with E-state index >= 15 is 0 Å². The van der Waals surface area contributed by atoms with Crippen molar-refractivity contribution >= 4 is 62.8 Å². The first kappa shape index (κ1) is 26.7. The number of hydrogen-bond donors (Lipinski definition) is 2. The Hall–Kier alpha value is -3.46. The fourth-order valence-corrected chi connectivity index (χ4v) is 5.20. The third kappa shape index (κ3) is 5.07. The van der Waals surface area contributed by atoms with Crippen LogP contribution in [0.25, 0.3) is 10.9 Å². The maximum absolute atomic E-state index is 14.9. The molecule has 204 valence electrons. The summed E-state index contributed by atoms with van der Waals surface area (Å²) in [6.45, 7) is 2.28. The minimum absolute atomic E-state index is 0.0507. The number of rotatable bonds is 7. The number of nitrogens with one attached hydrogen (secondary N) is 2. The molecule has 2 aromatic carbocycles. The van der Waals surface area contributed by atoms with Gasteiger partial charge >= 0.3 is 0 Å². The van der Waals surface area contributed by atoms with Crippen LogP contribution < -0.4 is 10.6 Å². The zero-order chi connectivity index (χ0) is 27.8. The second-order valence-electron chi connectivity index (χ2n) is 9.36. The number of halogens is 4. The molecule has 1 saturated heterocycles. The second-order valence-corrected chi connectivity index (χ2v) is 10.5. The molecule has 2 aromatic heterocycles.